The lowest BCUT2D eigenvalue weighted by molar-refractivity contribution is 0.00704. The van der Waals surface area contributed by atoms with E-state index in [1.54, 1.807) is 7.11 Å². The molecule has 0 amide bonds. The van der Waals surface area contributed by atoms with Crippen LogP contribution in [0, 0.1) is 0 Å². The maximum atomic E-state index is 10.5. The van der Waals surface area contributed by atoms with Gasteiger partial charge in [0.2, 0.25) is 0 Å². The van der Waals surface area contributed by atoms with Crippen molar-refractivity contribution < 1.29 is 19.3 Å². The topological polar surface area (TPSA) is 54.4 Å². The van der Waals surface area contributed by atoms with E-state index in [0.717, 1.165) is 37.7 Å². The highest BCUT2D eigenvalue weighted by Crippen LogP contribution is 2.35. The summed E-state index contributed by atoms with van der Waals surface area (Å²) in [5, 5.41) is 10.5. The third-order valence-corrected chi connectivity index (χ3v) is 6.73. The lowest BCUT2D eigenvalue weighted by atomic mass is 9.80. The molecule has 1 fully saturated rings. The van der Waals surface area contributed by atoms with Crippen molar-refractivity contribution in [3.63, 3.8) is 0 Å². The summed E-state index contributed by atoms with van der Waals surface area (Å²) in [5.41, 5.74) is 3.82. The lowest BCUT2D eigenvalue weighted by Crippen LogP contribution is -2.49. The Bertz CT molecular complexity index is 939. The van der Waals surface area contributed by atoms with Crippen LogP contribution >= 0.6 is 0 Å². The van der Waals surface area contributed by atoms with Gasteiger partial charge < -0.3 is 24.2 Å². The number of methoxy groups -OCH3 is 1. The fourth-order valence-corrected chi connectivity index (χ4v) is 4.47. The monoisotopic (exact) mass is 498 g/mol. The molecule has 1 heterocycles. The summed E-state index contributed by atoms with van der Waals surface area (Å²) in [4.78, 5) is 4.67. The molecule has 1 aliphatic rings. The first-order valence-corrected chi connectivity index (χ1v) is 13.1. The molecule has 36 heavy (non-hydrogen) atoms. The van der Waals surface area contributed by atoms with Crippen LogP contribution in [0.4, 0.5) is 5.69 Å². The van der Waals surface area contributed by atoms with Crippen molar-refractivity contribution in [1.82, 2.24) is 4.90 Å². The number of benzene rings is 2. The van der Waals surface area contributed by atoms with Gasteiger partial charge in [-0.3, -0.25) is 4.90 Å². The molecule has 2 aromatic carbocycles. The summed E-state index contributed by atoms with van der Waals surface area (Å²) in [5.74, 6) is 1.79. The average Bonchev–Trinajstić information content (AvgIpc) is 2.83. The van der Waals surface area contributed by atoms with E-state index in [0.29, 0.717) is 26.4 Å². The molecule has 1 N–H and O–H groups in total. The second-order valence-electron chi connectivity index (χ2n) is 11.8. The van der Waals surface area contributed by atoms with Crippen LogP contribution in [0.15, 0.2) is 42.5 Å². The molecule has 2 aromatic rings. The van der Waals surface area contributed by atoms with Gasteiger partial charge in [-0.1, -0.05) is 53.7 Å². The summed E-state index contributed by atoms with van der Waals surface area (Å²) in [6, 6.07) is 14.7. The quantitative estimate of drug-likeness (QED) is 0.472. The molecule has 0 spiro atoms. The summed E-state index contributed by atoms with van der Waals surface area (Å²) in [6.45, 7) is 18.9. The number of β-amino-alcohol motifs (C(OH)–C–C–N with tert-alkyl or cyclic N) is 1. The molecule has 6 heteroatoms. The van der Waals surface area contributed by atoms with Crippen LogP contribution in [0.1, 0.15) is 52.7 Å². The number of hydrogen-bond donors (Lipinski definition) is 1. The molecule has 0 radical (unpaired) electrons. The Hall–Kier alpha value is -2.28. The van der Waals surface area contributed by atoms with E-state index in [4.69, 9.17) is 14.2 Å². The van der Waals surface area contributed by atoms with Crippen molar-refractivity contribution >= 4 is 5.69 Å². The van der Waals surface area contributed by atoms with Gasteiger partial charge in [-0.25, -0.2) is 0 Å². The van der Waals surface area contributed by atoms with Gasteiger partial charge >= 0.3 is 0 Å². The molecular weight excluding hydrogens is 452 g/mol. The van der Waals surface area contributed by atoms with Gasteiger partial charge in [-0.05, 0) is 52.3 Å². The van der Waals surface area contributed by atoms with Gasteiger partial charge in [-0.2, -0.15) is 0 Å². The van der Waals surface area contributed by atoms with Crippen molar-refractivity contribution in [3.05, 3.63) is 53.6 Å². The molecule has 3 rings (SSSR count). The zero-order chi connectivity index (χ0) is 26.3. The van der Waals surface area contributed by atoms with Gasteiger partial charge in [0, 0.05) is 38.4 Å². The van der Waals surface area contributed by atoms with Gasteiger partial charge in [0.15, 0.2) is 0 Å². The molecule has 1 saturated heterocycles. The van der Waals surface area contributed by atoms with Gasteiger partial charge in [-0.15, -0.1) is 0 Å². The maximum Gasteiger partial charge on any atom is 0.123 e. The molecule has 200 valence electrons. The van der Waals surface area contributed by atoms with Crippen LogP contribution in [0.25, 0.3) is 0 Å². The standard InChI is InChI=1S/C30H46N2O4/c1-29(2,3)23-8-13-28(27(20-23)30(4,5)6)36-19-18-35-22-25(33)21-31-14-16-32(17-15-31)24-9-11-26(34-7)12-10-24/h8-13,20,25,33H,14-19,21-22H2,1-7H3/t25-/m0/s1. The first-order chi connectivity index (χ1) is 17.0. The zero-order valence-corrected chi connectivity index (χ0v) is 23.3. The Balaban J connectivity index is 1.38. The largest absolute Gasteiger partial charge is 0.497 e. The molecule has 1 aliphatic heterocycles. The van der Waals surface area contributed by atoms with Crippen molar-refractivity contribution in [2.24, 2.45) is 0 Å². The number of anilines is 1. The normalized spacial score (nSPS) is 16.2. The van der Waals surface area contributed by atoms with Crippen molar-refractivity contribution in [3.8, 4) is 11.5 Å². The molecule has 0 bridgehead atoms. The molecule has 0 unspecified atom stereocenters. The molecule has 1 atom stereocenters. The number of ether oxygens (including phenoxy) is 3. The fourth-order valence-electron chi connectivity index (χ4n) is 4.47. The van der Waals surface area contributed by atoms with Crippen LogP contribution in [0.2, 0.25) is 0 Å². The van der Waals surface area contributed by atoms with Crippen LogP contribution in [-0.4, -0.2) is 75.8 Å². The van der Waals surface area contributed by atoms with Crippen molar-refractivity contribution in [1.29, 1.82) is 0 Å². The minimum Gasteiger partial charge on any atom is -0.497 e. The average molecular weight is 499 g/mol. The van der Waals surface area contributed by atoms with Crippen LogP contribution < -0.4 is 14.4 Å². The van der Waals surface area contributed by atoms with E-state index >= 15 is 0 Å². The molecule has 0 saturated carbocycles. The molecule has 6 nitrogen and oxygen atoms in total. The number of aliphatic hydroxyl groups excluding tert-OH is 1. The second-order valence-corrected chi connectivity index (χ2v) is 11.8. The fraction of sp³-hybridized carbons (Fsp3) is 0.600. The number of hydrogen-bond acceptors (Lipinski definition) is 6. The zero-order valence-electron chi connectivity index (χ0n) is 23.3. The summed E-state index contributed by atoms with van der Waals surface area (Å²) >= 11 is 0. The van der Waals surface area contributed by atoms with Gasteiger partial charge in [0.25, 0.3) is 0 Å². The molecular formula is C30H46N2O4. The number of piperazine rings is 1. The van der Waals surface area contributed by atoms with E-state index in [1.165, 1.54) is 16.8 Å². The van der Waals surface area contributed by atoms with E-state index in [1.807, 2.05) is 12.1 Å². The molecule has 0 aliphatic carbocycles. The van der Waals surface area contributed by atoms with Crippen LogP contribution in [-0.2, 0) is 15.6 Å². The SMILES string of the molecule is COc1ccc(N2CCN(C[C@H](O)COCCOc3ccc(C(C)(C)C)cc3C(C)(C)C)CC2)cc1. The first-order valence-electron chi connectivity index (χ1n) is 13.1. The highest BCUT2D eigenvalue weighted by atomic mass is 16.5. The third-order valence-electron chi connectivity index (χ3n) is 6.73. The highest BCUT2D eigenvalue weighted by molar-refractivity contribution is 5.49. The first kappa shape index (κ1) is 28.3. The second kappa shape index (κ2) is 12.3. The summed E-state index contributed by atoms with van der Waals surface area (Å²) in [6.07, 6.45) is -0.506. The number of rotatable bonds is 10. The van der Waals surface area contributed by atoms with Gasteiger partial charge in [0.05, 0.1) is 26.4 Å². The summed E-state index contributed by atoms with van der Waals surface area (Å²) in [7, 11) is 1.68. The van der Waals surface area contributed by atoms with Crippen molar-refractivity contribution in [2.75, 3.05) is 64.6 Å². The van der Waals surface area contributed by atoms with Crippen LogP contribution in [0.3, 0.4) is 0 Å². The highest BCUT2D eigenvalue weighted by Gasteiger charge is 2.23. The lowest BCUT2D eigenvalue weighted by Gasteiger charge is -2.36. The Morgan fingerprint density at radius 1 is 0.861 bits per heavy atom. The Kier molecular flexibility index (Phi) is 9.67. The number of nitrogens with zero attached hydrogens (tertiary/aromatic N) is 2. The smallest absolute Gasteiger partial charge is 0.123 e. The predicted molar refractivity (Wildman–Crippen MR) is 148 cm³/mol. The van der Waals surface area contributed by atoms with Crippen LogP contribution in [0.5, 0.6) is 11.5 Å². The van der Waals surface area contributed by atoms with E-state index in [-0.39, 0.29) is 10.8 Å². The molecule has 0 aromatic heterocycles. The third kappa shape index (κ3) is 8.12. The minimum absolute atomic E-state index is 0.00889. The van der Waals surface area contributed by atoms with Crippen molar-refractivity contribution in [2.45, 2.75) is 58.5 Å². The minimum atomic E-state index is -0.506. The predicted octanol–water partition coefficient (Wildman–Crippen LogP) is 4.87. The maximum absolute atomic E-state index is 10.5. The Morgan fingerprint density at radius 3 is 2.11 bits per heavy atom. The number of aliphatic hydroxyl groups is 1. The Labute approximate surface area is 218 Å². The summed E-state index contributed by atoms with van der Waals surface area (Å²) < 4.78 is 17.1. The van der Waals surface area contributed by atoms with E-state index < -0.39 is 6.10 Å². The van der Waals surface area contributed by atoms with E-state index in [9.17, 15) is 5.11 Å². The van der Waals surface area contributed by atoms with E-state index in [2.05, 4.69) is 81.7 Å². The van der Waals surface area contributed by atoms with Gasteiger partial charge in [0.1, 0.15) is 18.1 Å². The Morgan fingerprint density at radius 2 is 1.53 bits per heavy atom.